The first-order valence-electron chi connectivity index (χ1n) is 5.78. The monoisotopic (exact) mass is 237 g/mol. The second kappa shape index (κ2) is 5.43. The largest absolute Gasteiger partial charge is 0.353 e. The number of aromatic nitrogens is 2. The van der Waals surface area contributed by atoms with E-state index in [9.17, 15) is 0 Å². The minimum atomic E-state index is 0.589. The molecule has 2 rings (SSSR count). The van der Waals surface area contributed by atoms with Gasteiger partial charge in [0.15, 0.2) is 0 Å². The van der Waals surface area contributed by atoms with E-state index in [2.05, 4.69) is 27.6 Å². The summed E-state index contributed by atoms with van der Waals surface area (Å²) in [4.78, 5) is 4.52. The van der Waals surface area contributed by atoms with Crippen molar-refractivity contribution in [3.05, 3.63) is 24.5 Å². The molecule has 16 heavy (non-hydrogen) atoms. The third-order valence-corrected chi connectivity index (χ3v) is 3.83. The highest BCUT2D eigenvalue weighted by atomic mass is 32.2. The van der Waals surface area contributed by atoms with Gasteiger partial charge in [0.2, 0.25) is 5.95 Å². The third kappa shape index (κ3) is 2.82. The zero-order valence-corrected chi connectivity index (χ0v) is 10.6. The molecule has 1 saturated heterocycles. The van der Waals surface area contributed by atoms with Crippen molar-refractivity contribution in [2.45, 2.75) is 32.4 Å². The first-order chi connectivity index (χ1) is 7.79. The molecule has 0 aliphatic carbocycles. The van der Waals surface area contributed by atoms with Crippen LogP contribution in [-0.4, -0.2) is 27.1 Å². The molecule has 0 spiro atoms. The van der Waals surface area contributed by atoms with E-state index in [4.69, 9.17) is 0 Å². The average molecular weight is 237 g/mol. The normalized spacial score (nSPS) is 17.3. The van der Waals surface area contributed by atoms with Crippen LogP contribution in [0.5, 0.6) is 0 Å². The summed E-state index contributed by atoms with van der Waals surface area (Å²) in [5.74, 6) is 3.52. The van der Waals surface area contributed by atoms with Crippen LogP contribution in [0.4, 0.5) is 5.95 Å². The van der Waals surface area contributed by atoms with Crippen LogP contribution in [0.3, 0.4) is 0 Å². The Morgan fingerprint density at radius 1 is 1.62 bits per heavy atom. The Bertz CT molecular complexity index is 353. The standard InChI is InChI=1S/C12H19N3S/c1-3-6-15-9-10(2)13-12(15)14-11-4-7-16-8-5-11/h3,9,11H,1,4-8H2,2H3,(H,13,14). The number of anilines is 1. The minimum absolute atomic E-state index is 0.589. The van der Waals surface area contributed by atoms with Gasteiger partial charge in [0.1, 0.15) is 0 Å². The average Bonchev–Trinajstić information content (AvgIpc) is 2.61. The van der Waals surface area contributed by atoms with E-state index in [0.717, 1.165) is 18.2 Å². The molecule has 0 unspecified atom stereocenters. The summed E-state index contributed by atoms with van der Waals surface area (Å²) >= 11 is 2.05. The summed E-state index contributed by atoms with van der Waals surface area (Å²) in [6.45, 7) is 6.63. The molecule has 1 aliphatic rings. The van der Waals surface area contributed by atoms with Crippen LogP contribution in [0.1, 0.15) is 18.5 Å². The van der Waals surface area contributed by atoms with Crippen molar-refractivity contribution in [2.24, 2.45) is 0 Å². The lowest BCUT2D eigenvalue weighted by molar-refractivity contribution is 0.650. The lowest BCUT2D eigenvalue weighted by Gasteiger charge is -2.23. The van der Waals surface area contributed by atoms with Crippen LogP contribution in [0, 0.1) is 6.92 Å². The summed E-state index contributed by atoms with van der Waals surface area (Å²) in [5.41, 5.74) is 1.06. The van der Waals surface area contributed by atoms with Crippen LogP contribution in [0.15, 0.2) is 18.9 Å². The molecular formula is C12H19N3S. The number of imidazole rings is 1. The molecule has 0 atom stereocenters. The SMILES string of the molecule is C=CCn1cc(C)nc1NC1CCSCC1. The first-order valence-corrected chi connectivity index (χ1v) is 6.94. The molecule has 1 aliphatic heterocycles. The van der Waals surface area contributed by atoms with E-state index < -0.39 is 0 Å². The molecule has 3 nitrogen and oxygen atoms in total. The molecule has 0 radical (unpaired) electrons. The summed E-state index contributed by atoms with van der Waals surface area (Å²) in [5, 5.41) is 3.55. The van der Waals surface area contributed by atoms with Crippen molar-refractivity contribution in [3.63, 3.8) is 0 Å². The Labute approximate surface area is 101 Å². The number of hydrogen-bond donors (Lipinski definition) is 1. The van der Waals surface area contributed by atoms with Crippen LogP contribution >= 0.6 is 11.8 Å². The van der Waals surface area contributed by atoms with Gasteiger partial charge in [-0.05, 0) is 31.3 Å². The maximum atomic E-state index is 4.52. The van der Waals surface area contributed by atoms with Gasteiger partial charge in [0, 0.05) is 18.8 Å². The molecule has 1 N–H and O–H groups in total. The minimum Gasteiger partial charge on any atom is -0.353 e. The molecular weight excluding hydrogens is 218 g/mol. The molecule has 0 aromatic carbocycles. The number of rotatable bonds is 4. The second-order valence-corrected chi connectivity index (χ2v) is 5.40. The van der Waals surface area contributed by atoms with Crippen LogP contribution < -0.4 is 5.32 Å². The summed E-state index contributed by atoms with van der Waals surface area (Å²) < 4.78 is 2.13. The number of nitrogens with zero attached hydrogens (tertiary/aromatic N) is 2. The smallest absolute Gasteiger partial charge is 0.203 e. The van der Waals surface area contributed by atoms with Crippen molar-refractivity contribution < 1.29 is 0 Å². The molecule has 0 amide bonds. The predicted molar refractivity (Wildman–Crippen MR) is 71.1 cm³/mol. The molecule has 0 bridgehead atoms. The van der Waals surface area contributed by atoms with E-state index in [-0.39, 0.29) is 0 Å². The Kier molecular flexibility index (Phi) is 3.93. The lowest BCUT2D eigenvalue weighted by atomic mass is 10.2. The van der Waals surface area contributed by atoms with E-state index in [1.807, 2.05) is 24.8 Å². The Morgan fingerprint density at radius 3 is 3.06 bits per heavy atom. The van der Waals surface area contributed by atoms with Crippen molar-refractivity contribution in [1.82, 2.24) is 9.55 Å². The molecule has 88 valence electrons. The second-order valence-electron chi connectivity index (χ2n) is 4.18. The van der Waals surface area contributed by atoms with E-state index in [1.54, 1.807) is 0 Å². The molecule has 2 heterocycles. The fourth-order valence-electron chi connectivity index (χ4n) is 1.96. The van der Waals surface area contributed by atoms with Crippen molar-refractivity contribution in [1.29, 1.82) is 0 Å². The predicted octanol–water partition coefficient (Wildman–Crippen LogP) is 2.69. The maximum Gasteiger partial charge on any atom is 0.203 e. The van der Waals surface area contributed by atoms with E-state index in [0.29, 0.717) is 6.04 Å². The third-order valence-electron chi connectivity index (χ3n) is 2.78. The van der Waals surface area contributed by atoms with Gasteiger partial charge in [-0.1, -0.05) is 6.08 Å². The van der Waals surface area contributed by atoms with Gasteiger partial charge in [-0.25, -0.2) is 4.98 Å². The van der Waals surface area contributed by atoms with Crippen molar-refractivity contribution in [3.8, 4) is 0 Å². The molecule has 0 saturated carbocycles. The number of aryl methyl sites for hydroxylation is 1. The highest BCUT2D eigenvalue weighted by Crippen LogP contribution is 2.20. The van der Waals surface area contributed by atoms with Gasteiger partial charge >= 0.3 is 0 Å². The zero-order chi connectivity index (χ0) is 11.4. The van der Waals surface area contributed by atoms with Gasteiger partial charge in [0.05, 0.1) is 5.69 Å². The van der Waals surface area contributed by atoms with E-state index in [1.165, 1.54) is 24.3 Å². The summed E-state index contributed by atoms with van der Waals surface area (Å²) in [6, 6.07) is 0.589. The maximum absolute atomic E-state index is 4.52. The van der Waals surface area contributed by atoms with Crippen LogP contribution in [0.2, 0.25) is 0 Å². The van der Waals surface area contributed by atoms with Gasteiger partial charge in [-0.2, -0.15) is 11.8 Å². The Hall–Kier alpha value is -0.900. The van der Waals surface area contributed by atoms with Gasteiger partial charge in [-0.15, -0.1) is 6.58 Å². The quantitative estimate of drug-likeness (QED) is 0.817. The fourth-order valence-corrected chi connectivity index (χ4v) is 3.07. The van der Waals surface area contributed by atoms with Gasteiger partial charge in [-0.3, -0.25) is 0 Å². The fraction of sp³-hybridized carbons (Fsp3) is 0.583. The highest BCUT2D eigenvalue weighted by Gasteiger charge is 2.15. The van der Waals surface area contributed by atoms with Crippen molar-refractivity contribution in [2.75, 3.05) is 16.8 Å². The van der Waals surface area contributed by atoms with Gasteiger partial charge in [0.25, 0.3) is 0 Å². The summed E-state index contributed by atoms with van der Waals surface area (Å²) in [6.07, 6.45) is 6.46. The number of nitrogens with one attached hydrogen (secondary N) is 1. The molecule has 1 aromatic heterocycles. The van der Waals surface area contributed by atoms with E-state index >= 15 is 0 Å². The molecule has 1 aromatic rings. The zero-order valence-electron chi connectivity index (χ0n) is 9.78. The number of hydrogen-bond acceptors (Lipinski definition) is 3. The number of thioether (sulfide) groups is 1. The van der Waals surface area contributed by atoms with Gasteiger partial charge < -0.3 is 9.88 Å². The molecule has 4 heteroatoms. The van der Waals surface area contributed by atoms with Crippen LogP contribution in [0.25, 0.3) is 0 Å². The first kappa shape index (κ1) is 11.6. The lowest BCUT2D eigenvalue weighted by Crippen LogP contribution is -2.26. The number of allylic oxidation sites excluding steroid dienone is 1. The molecule has 1 fully saturated rings. The Morgan fingerprint density at radius 2 is 2.38 bits per heavy atom. The highest BCUT2D eigenvalue weighted by molar-refractivity contribution is 7.99. The van der Waals surface area contributed by atoms with Crippen molar-refractivity contribution >= 4 is 17.7 Å². The van der Waals surface area contributed by atoms with Crippen LogP contribution in [-0.2, 0) is 6.54 Å². The topological polar surface area (TPSA) is 29.9 Å². The summed E-state index contributed by atoms with van der Waals surface area (Å²) in [7, 11) is 0. The Balaban J connectivity index is 2.03.